The Bertz CT molecular complexity index is 340. The number of carbonyl (C=O) groups is 1. The maximum Gasteiger partial charge on any atom is 0.306 e. The van der Waals surface area contributed by atoms with Gasteiger partial charge in [-0.1, -0.05) is 49.6 Å². The smallest absolute Gasteiger partial charge is 0.306 e. The average Bonchev–Trinajstić information content (AvgIpc) is 2.30. The van der Waals surface area contributed by atoms with Crippen molar-refractivity contribution in [2.75, 3.05) is 0 Å². The molecule has 0 unspecified atom stereocenters. The minimum atomic E-state index is -0.148. The zero-order valence-corrected chi connectivity index (χ0v) is 11.0. The number of esters is 1. The van der Waals surface area contributed by atoms with Crippen LogP contribution in [0.5, 0.6) is 0 Å². The van der Waals surface area contributed by atoms with Crippen molar-refractivity contribution in [3.05, 3.63) is 35.4 Å². The molecule has 1 rings (SSSR count). The van der Waals surface area contributed by atoms with Crippen molar-refractivity contribution in [2.24, 2.45) is 0 Å². The van der Waals surface area contributed by atoms with E-state index in [1.807, 2.05) is 38.1 Å². The molecule has 0 amide bonds. The second-order valence-electron chi connectivity index (χ2n) is 4.50. The van der Waals surface area contributed by atoms with Crippen LogP contribution in [0.15, 0.2) is 24.3 Å². The summed E-state index contributed by atoms with van der Waals surface area (Å²) in [6.45, 7) is 6.09. The zero-order chi connectivity index (χ0) is 12.7. The first-order chi connectivity index (χ1) is 8.13. The molecule has 0 fully saturated rings. The van der Waals surface area contributed by atoms with E-state index in [1.165, 1.54) is 5.56 Å². The highest BCUT2D eigenvalue weighted by molar-refractivity contribution is 5.69. The first-order valence-corrected chi connectivity index (χ1v) is 6.39. The van der Waals surface area contributed by atoms with Gasteiger partial charge in [0.1, 0.15) is 6.10 Å². The molecule has 0 aliphatic heterocycles. The van der Waals surface area contributed by atoms with E-state index in [1.54, 1.807) is 0 Å². The maximum atomic E-state index is 11.5. The number of aryl methyl sites for hydroxylation is 1. The van der Waals surface area contributed by atoms with Crippen molar-refractivity contribution < 1.29 is 9.53 Å². The number of ether oxygens (including phenoxy) is 1. The SMILES string of the molecule is CCCCCC(=O)O[C@H](C)c1ccc(C)cc1. The third-order valence-corrected chi connectivity index (χ3v) is 2.84. The Morgan fingerprint density at radius 3 is 2.47 bits per heavy atom. The number of hydrogen-bond donors (Lipinski definition) is 0. The van der Waals surface area contributed by atoms with Gasteiger partial charge in [-0.05, 0) is 25.8 Å². The Morgan fingerprint density at radius 2 is 1.88 bits per heavy atom. The molecule has 1 atom stereocenters. The van der Waals surface area contributed by atoms with Gasteiger partial charge in [0, 0.05) is 6.42 Å². The fourth-order valence-corrected chi connectivity index (χ4v) is 1.68. The summed E-state index contributed by atoms with van der Waals surface area (Å²) in [4.78, 5) is 11.5. The second-order valence-corrected chi connectivity index (χ2v) is 4.50. The fourth-order valence-electron chi connectivity index (χ4n) is 1.68. The molecule has 0 heterocycles. The van der Waals surface area contributed by atoms with Gasteiger partial charge < -0.3 is 4.74 Å². The summed E-state index contributed by atoms with van der Waals surface area (Å²) < 4.78 is 5.38. The van der Waals surface area contributed by atoms with E-state index in [4.69, 9.17) is 4.74 Å². The molecule has 0 saturated carbocycles. The molecule has 2 nitrogen and oxygen atoms in total. The predicted molar refractivity (Wildman–Crippen MR) is 69.8 cm³/mol. The number of unbranched alkanes of at least 4 members (excludes halogenated alkanes) is 2. The van der Waals surface area contributed by atoms with Crippen LogP contribution in [-0.4, -0.2) is 5.97 Å². The first kappa shape index (κ1) is 13.8. The molecule has 17 heavy (non-hydrogen) atoms. The van der Waals surface area contributed by atoms with Crippen LogP contribution in [-0.2, 0) is 9.53 Å². The molecule has 0 aliphatic carbocycles. The lowest BCUT2D eigenvalue weighted by atomic mass is 10.1. The van der Waals surface area contributed by atoms with Gasteiger partial charge in [0.15, 0.2) is 0 Å². The molecule has 94 valence electrons. The highest BCUT2D eigenvalue weighted by Crippen LogP contribution is 2.18. The summed E-state index contributed by atoms with van der Waals surface area (Å²) in [6, 6.07) is 8.10. The van der Waals surface area contributed by atoms with Gasteiger partial charge in [0.05, 0.1) is 0 Å². The normalized spacial score (nSPS) is 12.2. The van der Waals surface area contributed by atoms with Gasteiger partial charge in [-0.15, -0.1) is 0 Å². The number of hydrogen-bond acceptors (Lipinski definition) is 2. The number of benzene rings is 1. The van der Waals surface area contributed by atoms with Crippen LogP contribution in [0.2, 0.25) is 0 Å². The third-order valence-electron chi connectivity index (χ3n) is 2.84. The lowest BCUT2D eigenvalue weighted by molar-refractivity contribution is -0.148. The van der Waals surface area contributed by atoms with Gasteiger partial charge in [0.25, 0.3) is 0 Å². The predicted octanol–water partition coefficient (Wildman–Crippen LogP) is 4.18. The van der Waals surface area contributed by atoms with Crippen molar-refractivity contribution in [1.29, 1.82) is 0 Å². The van der Waals surface area contributed by atoms with Crippen LogP contribution in [0.25, 0.3) is 0 Å². The molecule has 1 aromatic carbocycles. The fraction of sp³-hybridized carbons (Fsp3) is 0.533. The van der Waals surface area contributed by atoms with Crippen molar-refractivity contribution in [2.45, 2.75) is 52.6 Å². The molecule has 0 N–H and O–H groups in total. The summed E-state index contributed by atoms with van der Waals surface area (Å²) in [5.74, 6) is -0.0912. The second kappa shape index (κ2) is 7.10. The Labute approximate surface area is 104 Å². The van der Waals surface area contributed by atoms with E-state index in [2.05, 4.69) is 6.92 Å². The van der Waals surface area contributed by atoms with Gasteiger partial charge in [-0.25, -0.2) is 0 Å². The molecule has 0 aromatic heterocycles. The van der Waals surface area contributed by atoms with E-state index in [0.29, 0.717) is 6.42 Å². The summed E-state index contributed by atoms with van der Waals surface area (Å²) in [7, 11) is 0. The Morgan fingerprint density at radius 1 is 1.24 bits per heavy atom. The average molecular weight is 234 g/mol. The summed E-state index contributed by atoms with van der Waals surface area (Å²) in [6.07, 6.45) is 3.53. The van der Waals surface area contributed by atoms with Crippen molar-refractivity contribution in [3.8, 4) is 0 Å². The largest absolute Gasteiger partial charge is 0.458 e. The molecule has 1 aromatic rings. The topological polar surface area (TPSA) is 26.3 Å². The maximum absolute atomic E-state index is 11.5. The van der Waals surface area contributed by atoms with Crippen molar-refractivity contribution in [3.63, 3.8) is 0 Å². The van der Waals surface area contributed by atoms with Crippen LogP contribution in [0.1, 0.15) is 56.8 Å². The zero-order valence-electron chi connectivity index (χ0n) is 11.0. The highest BCUT2D eigenvalue weighted by Gasteiger charge is 2.10. The van der Waals surface area contributed by atoms with Crippen LogP contribution >= 0.6 is 0 Å². The van der Waals surface area contributed by atoms with Gasteiger partial charge >= 0.3 is 5.97 Å². The summed E-state index contributed by atoms with van der Waals surface area (Å²) in [5, 5.41) is 0. The summed E-state index contributed by atoms with van der Waals surface area (Å²) in [5.41, 5.74) is 2.27. The number of rotatable bonds is 6. The van der Waals surface area contributed by atoms with E-state index in [9.17, 15) is 4.79 Å². The van der Waals surface area contributed by atoms with Crippen LogP contribution < -0.4 is 0 Å². The van der Waals surface area contributed by atoms with E-state index in [0.717, 1.165) is 24.8 Å². The van der Waals surface area contributed by atoms with E-state index >= 15 is 0 Å². The quantitative estimate of drug-likeness (QED) is 0.545. The molecule has 2 heteroatoms. The van der Waals surface area contributed by atoms with Gasteiger partial charge in [-0.2, -0.15) is 0 Å². The van der Waals surface area contributed by atoms with Crippen molar-refractivity contribution in [1.82, 2.24) is 0 Å². The lowest BCUT2D eigenvalue weighted by Crippen LogP contribution is -2.08. The van der Waals surface area contributed by atoms with Gasteiger partial charge in [0.2, 0.25) is 0 Å². The highest BCUT2D eigenvalue weighted by atomic mass is 16.5. The van der Waals surface area contributed by atoms with Crippen LogP contribution in [0.4, 0.5) is 0 Å². The molecule has 0 spiro atoms. The molecule has 0 aliphatic rings. The van der Waals surface area contributed by atoms with Crippen molar-refractivity contribution >= 4 is 5.97 Å². The first-order valence-electron chi connectivity index (χ1n) is 6.39. The van der Waals surface area contributed by atoms with Crippen LogP contribution in [0.3, 0.4) is 0 Å². The molecular formula is C15H22O2. The Balaban J connectivity index is 2.40. The molecule has 0 bridgehead atoms. The lowest BCUT2D eigenvalue weighted by Gasteiger charge is -2.13. The standard InChI is InChI=1S/C15H22O2/c1-4-5-6-7-15(16)17-13(3)14-10-8-12(2)9-11-14/h8-11,13H,4-7H2,1-3H3/t13-/m1/s1. The number of carbonyl (C=O) groups excluding carboxylic acids is 1. The van der Waals surface area contributed by atoms with E-state index in [-0.39, 0.29) is 12.1 Å². The van der Waals surface area contributed by atoms with Crippen LogP contribution in [0, 0.1) is 6.92 Å². The minimum absolute atomic E-state index is 0.0912. The Hall–Kier alpha value is -1.31. The molecule has 0 radical (unpaired) electrons. The van der Waals surface area contributed by atoms with E-state index < -0.39 is 0 Å². The summed E-state index contributed by atoms with van der Waals surface area (Å²) >= 11 is 0. The monoisotopic (exact) mass is 234 g/mol. The minimum Gasteiger partial charge on any atom is -0.458 e. The molecule has 0 saturated heterocycles. The Kier molecular flexibility index (Phi) is 5.75. The molecular weight excluding hydrogens is 212 g/mol. The van der Waals surface area contributed by atoms with Gasteiger partial charge in [-0.3, -0.25) is 4.79 Å². The third kappa shape index (κ3) is 5.03.